The largest absolute Gasteiger partial charge is 0.198 e. The van der Waals surface area contributed by atoms with Crippen LogP contribution >= 0.6 is 23.2 Å². The zero-order chi connectivity index (χ0) is 14.2. The first-order chi connectivity index (χ1) is 9.62. The first-order valence-corrected chi connectivity index (χ1v) is 7.29. The van der Waals surface area contributed by atoms with Gasteiger partial charge in [0.25, 0.3) is 0 Å². The molecule has 0 fully saturated rings. The van der Waals surface area contributed by atoms with E-state index in [1.165, 1.54) is 11.1 Å². The monoisotopic (exact) mass is 301 g/mol. The van der Waals surface area contributed by atoms with Gasteiger partial charge in [-0.25, -0.2) is 0 Å². The van der Waals surface area contributed by atoms with Crippen LogP contribution in [0.4, 0.5) is 0 Å². The molecule has 0 amide bonds. The smallest absolute Gasteiger partial charge is 0.0700 e. The minimum absolute atomic E-state index is 0.405. The number of rotatable bonds is 2. The van der Waals surface area contributed by atoms with Crippen molar-refractivity contribution in [2.45, 2.75) is 19.3 Å². The minimum Gasteiger partial charge on any atom is -0.198 e. The molecule has 20 heavy (non-hydrogen) atoms. The van der Waals surface area contributed by atoms with Crippen LogP contribution < -0.4 is 0 Å². The number of fused-ring (bicyclic) bond motifs is 1. The topological polar surface area (TPSA) is 23.8 Å². The van der Waals surface area contributed by atoms with Crippen molar-refractivity contribution in [3.05, 3.63) is 69.2 Å². The molecular formula is C17H13Cl2N. The molecule has 3 rings (SSSR count). The van der Waals surface area contributed by atoms with Gasteiger partial charge in [-0.1, -0.05) is 47.5 Å². The minimum atomic E-state index is -0.405. The van der Waals surface area contributed by atoms with Gasteiger partial charge in [0.05, 0.1) is 11.5 Å². The molecule has 1 nitrogen and oxygen atoms in total. The number of hydrogen-bond acceptors (Lipinski definition) is 1. The van der Waals surface area contributed by atoms with E-state index in [2.05, 4.69) is 18.2 Å². The van der Waals surface area contributed by atoms with Gasteiger partial charge < -0.3 is 0 Å². The highest BCUT2D eigenvalue weighted by atomic mass is 35.5. The van der Waals surface area contributed by atoms with E-state index in [0.29, 0.717) is 16.5 Å². The summed E-state index contributed by atoms with van der Waals surface area (Å²) in [5.74, 6) is 0. The Labute approximate surface area is 128 Å². The molecule has 0 aromatic heterocycles. The van der Waals surface area contributed by atoms with Crippen LogP contribution in [0.2, 0.25) is 10.0 Å². The Morgan fingerprint density at radius 3 is 2.30 bits per heavy atom. The molecule has 0 spiro atoms. The summed E-state index contributed by atoms with van der Waals surface area (Å²) in [4.78, 5) is 0. The van der Waals surface area contributed by atoms with Crippen LogP contribution in [0.5, 0.6) is 0 Å². The van der Waals surface area contributed by atoms with E-state index in [-0.39, 0.29) is 0 Å². The summed E-state index contributed by atoms with van der Waals surface area (Å²) in [6, 6.07) is 16.2. The molecular weight excluding hydrogens is 289 g/mol. The molecule has 1 aliphatic rings. The fourth-order valence-electron chi connectivity index (χ4n) is 2.98. The van der Waals surface area contributed by atoms with Gasteiger partial charge in [0, 0.05) is 10.0 Å². The fraction of sp³-hybridized carbons (Fsp3) is 0.235. The predicted molar refractivity (Wildman–Crippen MR) is 82.1 cm³/mol. The summed E-state index contributed by atoms with van der Waals surface area (Å²) >= 11 is 12.3. The van der Waals surface area contributed by atoms with Crippen LogP contribution in [-0.4, -0.2) is 0 Å². The van der Waals surface area contributed by atoms with Gasteiger partial charge >= 0.3 is 0 Å². The molecule has 0 N–H and O–H groups in total. The van der Waals surface area contributed by atoms with Crippen molar-refractivity contribution in [1.29, 1.82) is 5.26 Å². The average molecular weight is 302 g/mol. The fourth-order valence-corrected chi connectivity index (χ4v) is 3.36. The third kappa shape index (κ3) is 2.42. The van der Waals surface area contributed by atoms with E-state index in [1.54, 1.807) is 12.1 Å². The molecule has 0 unspecified atom stereocenters. The molecule has 0 radical (unpaired) electrons. The highest BCUT2D eigenvalue weighted by Crippen LogP contribution is 2.40. The van der Waals surface area contributed by atoms with Crippen molar-refractivity contribution >= 4 is 23.2 Å². The zero-order valence-corrected chi connectivity index (χ0v) is 12.4. The number of halogens is 2. The second kappa shape index (κ2) is 5.13. The van der Waals surface area contributed by atoms with E-state index in [0.717, 1.165) is 18.4 Å². The molecule has 0 saturated heterocycles. The molecule has 0 aliphatic heterocycles. The molecule has 2 aromatic rings. The molecule has 100 valence electrons. The SMILES string of the molecule is N#CC1(Cc2cc(Cl)ccc2Cl)Cc2ccccc2C1. The summed E-state index contributed by atoms with van der Waals surface area (Å²) in [5, 5.41) is 11.0. The molecule has 0 heterocycles. The summed E-state index contributed by atoms with van der Waals surface area (Å²) in [5.41, 5.74) is 3.09. The summed E-state index contributed by atoms with van der Waals surface area (Å²) in [6.45, 7) is 0. The van der Waals surface area contributed by atoms with Crippen LogP contribution in [-0.2, 0) is 19.3 Å². The number of nitriles is 1. The van der Waals surface area contributed by atoms with Crippen molar-refractivity contribution in [3.8, 4) is 6.07 Å². The Balaban J connectivity index is 1.94. The third-order valence-electron chi connectivity index (χ3n) is 3.95. The number of hydrogen-bond donors (Lipinski definition) is 0. The van der Waals surface area contributed by atoms with Crippen LogP contribution in [0.3, 0.4) is 0 Å². The van der Waals surface area contributed by atoms with Crippen molar-refractivity contribution in [2.24, 2.45) is 5.41 Å². The summed E-state index contributed by atoms with van der Waals surface area (Å²) in [7, 11) is 0. The number of nitrogens with zero attached hydrogens (tertiary/aromatic N) is 1. The first kappa shape index (κ1) is 13.5. The van der Waals surface area contributed by atoms with E-state index in [4.69, 9.17) is 23.2 Å². The second-order valence-corrected chi connectivity index (χ2v) is 6.27. The van der Waals surface area contributed by atoms with E-state index >= 15 is 0 Å². The van der Waals surface area contributed by atoms with Gasteiger partial charge in [0.15, 0.2) is 0 Å². The Bertz CT molecular complexity index is 675. The molecule has 1 aliphatic carbocycles. The summed E-state index contributed by atoms with van der Waals surface area (Å²) < 4.78 is 0. The highest BCUT2D eigenvalue weighted by Gasteiger charge is 2.37. The molecule has 3 heteroatoms. The van der Waals surface area contributed by atoms with Crippen molar-refractivity contribution < 1.29 is 0 Å². The Kier molecular flexibility index (Phi) is 3.46. The van der Waals surface area contributed by atoms with Crippen LogP contribution in [0.1, 0.15) is 16.7 Å². The second-order valence-electron chi connectivity index (χ2n) is 5.43. The van der Waals surface area contributed by atoms with E-state index in [9.17, 15) is 5.26 Å². The Morgan fingerprint density at radius 2 is 1.70 bits per heavy atom. The van der Waals surface area contributed by atoms with Gasteiger partial charge in [-0.2, -0.15) is 5.26 Å². The molecule has 2 aromatic carbocycles. The predicted octanol–water partition coefficient (Wildman–Crippen LogP) is 4.84. The van der Waals surface area contributed by atoms with Gasteiger partial charge in [-0.15, -0.1) is 0 Å². The molecule has 0 bridgehead atoms. The zero-order valence-electron chi connectivity index (χ0n) is 10.9. The van der Waals surface area contributed by atoms with Gasteiger partial charge in [0.2, 0.25) is 0 Å². The quantitative estimate of drug-likeness (QED) is 0.778. The van der Waals surface area contributed by atoms with Crippen LogP contribution in [0.25, 0.3) is 0 Å². The van der Waals surface area contributed by atoms with Crippen LogP contribution in [0.15, 0.2) is 42.5 Å². The highest BCUT2D eigenvalue weighted by molar-refractivity contribution is 6.33. The lowest BCUT2D eigenvalue weighted by Gasteiger charge is -2.21. The summed E-state index contributed by atoms with van der Waals surface area (Å²) in [6.07, 6.45) is 2.20. The van der Waals surface area contributed by atoms with Crippen LogP contribution in [0, 0.1) is 16.7 Å². The lowest BCUT2D eigenvalue weighted by Crippen LogP contribution is -2.22. The average Bonchev–Trinajstić information content (AvgIpc) is 2.81. The van der Waals surface area contributed by atoms with Gasteiger partial charge in [-0.05, 0) is 54.2 Å². The number of benzene rings is 2. The van der Waals surface area contributed by atoms with Crippen molar-refractivity contribution in [2.75, 3.05) is 0 Å². The third-order valence-corrected chi connectivity index (χ3v) is 4.55. The Morgan fingerprint density at radius 1 is 1.05 bits per heavy atom. The van der Waals surface area contributed by atoms with Crippen molar-refractivity contribution in [1.82, 2.24) is 0 Å². The van der Waals surface area contributed by atoms with Gasteiger partial charge in [0.1, 0.15) is 0 Å². The van der Waals surface area contributed by atoms with Gasteiger partial charge in [-0.3, -0.25) is 0 Å². The maximum Gasteiger partial charge on any atom is 0.0700 e. The lowest BCUT2D eigenvalue weighted by molar-refractivity contribution is 0.418. The molecule has 0 atom stereocenters. The van der Waals surface area contributed by atoms with E-state index < -0.39 is 5.41 Å². The van der Waals surface area contributed by atoms with Crippen molar-refractivity contribution in [3.63, 3.8) is 0 Å². The first-order valence-electron chi connectivity index (χ1n) is 6.54. The maximum atomic E-state index is 9.68. The molecule has 0 saturated carbocycles. The standard InChI is InChI=1S/C17H13Cl2N/c18-15-5-6-16(19)14(7-15)10-17(11-20)8-12-3-1-2-4-13(12)9-17/h1-7H,8-10H2. The maximum absolute atomic E-state index is 9.68. The lowest BCUT2D eigenvalue weighted by atomic mass is 9.80. The Hall–Kier alpha value is -1.49. The normalized spacial score (nSPS) is 15.7. The van der Waals surface area contributed by atoms with E-state index in [1.807, 2.05) is 18.2 Å².